The molecule has 6 heteroatoms. The van der Waals surface area contributed by atoms with Crippen LogP contribution in [0.25, 0.3) is 0 Å². The van der Waals surface area contributed by atoms with E-state index in [2.05, 4.69) is 16.0 Å². The molecule has 1 unspecified atom stereocenters. The SMILES string of the molecule is CNC[C@@H](CCCCNC(C)C(=O)O)C(=O)NC. The van der Waals surface area contributed by atoms with Gasteiger partial charge in [-0.15, -0.1) is 0 Å². The number of aliphatic carboxylic acids is 1. The van der Waals surface area contributed by atoms with Gasteiger partial charge in [0, 0.05) is 13.6 Å². The van der Waals surface area contributed by atoms with Crippen LogP contribution < -0.4 is 16.0 Å². The van der Waals surface area contributed by atoms with E-state index in [0.29, 0.717) is 13.1 Å². The molecule has 0 rings (SSSR count). The molecule has 0 fully saturated rings. The molecule has 0 saturated carbocycles. The monoisotopic (exact) mass is 259 g/mol. The van der Waals surface area contributed by atoms with Crippen molar-refractivity contribution in [3.05, 3.63) is 0 Å². The van der Waals surface area contributed by atoms with Crippen molar-refractivity contribution in [1.29, 1.82) is 0 Å². The Bertz CT molecular complexity index is 259. The molecule has 0 heterocycles. The van der Waals surface area contributed by atoms with Crippen LogP contribution in [-0.2, 0) is 9.59 Å². The Labute approximate surface area is 109 Å². The molecule has 0 aromatic heterocycles. The minimum atomic E-state index is -0.839. The zero-order chi connectivity index (χ0) is 14.0. The number of carboxylic acid groups (broad SMARTS) is 1. The number of amides is 1. The molecule has 4 N–H and O–H groups in total. The van der Waals surface area contributed by atoms with E-state index in [4.69, 9.17) is 5.11 Å². The van der Waals surface area contributed by atoms with Gasteiger partial charge in [0.15, 0.2) is 0 Å². The van der Waals surface area contributed by atoms with Crippen molar-refractivity contribution in [1.82, 2.24) is 16.0 Å². The van der Waals surface area contributed by atoms with Gasteiger partial charge in [-0.2, -0.15) is 0 Å². The summed E-state index contributed by atoms with van der Waals surface area (Å²) in [7, 11) is 3.47. The van der Waals surface area contributed by atoms with E-state index in [0.717, 1.165) is 19.3 Å². The molecule has 6 nitrogen and oxygen atoms in total. The first-order valence-corrected chi connectivity index (χ1v) is 6.35. The van der Waals surface area contributed by atoms with Crippen LogP contribution >= 0.6 is 0 Å². The highest BCUT2D eigenvalue weighted by molar-refractivity contribution is 5.78. The highest BCUT2D eigenvalue weighted by atomic mass is 16.4. The van der Waals surface area contributed by atoms with Crippen molar-refractivity contribution in [2.24, 2.45) is 5.92 Å². The molecule has 0 aromatic carbocycles. The maximum absolute atomic E-state index is 11.5. The molecule has 0 bridgehead atoms. The van der Waals surface area contributed by atoms with Gasteiger partial charge >= 0.3 is 5.97 Å². The topological polar surface area (TPSA) is 90.5 Å². The van der Waals surface area contributed by atoms with Gasteiger partial charge in [0.25, 0.3) is 0 Å². The first-order valence-electron chi connectivity index (χ1n) is 6.35. The summed E-state index contributed by atoms with van der Waals surface area (Å²) in [5.74, 6) is -0.804. The Kier molecular flexibility index (Phi) is 9.22. The number of rotatable bonds is 10. The van der Waals surface area contributed by atoms with Gasteiger partial charge < -0.3 is 21.1 Å². The standard InChI is InChI=1S/C12H25N3O3/c1-9(12(17)18)15-7-5-4-6-10(8-13-2)11(16)14-3/h9-10,13,15H,4-8H2,1-3H3,(H,14,16)(H,17,18)/t9?,10-/m1/s1. The molecule has 0 aliphatic rings. The lowest BCUT2D eigenvalue weighted by molar-refractivity contribution is -0.139. The quantitative estimate of drug-likeness (QED) is 0.408. The van der Waals surface area contributed by atoms with E-state index in [1.54, 1.807) is 14.0 Å². The van der Waals surface area contributed by atoms with Crippen LogP contribution in [0.5, 0.6) is 0 Å². The van der Waals surface area contributed by atoms with Gasteiger partial charge in [-0.1, -0.05) is 6.42 Å². The predicted octanol–water partition coefficient (Wildman–Crippen LogP) is -0.199. The van der Waals surface area contributed by atoms with E-state index in [9.17, 15) is 9.59 Å². The lowest BCUT2D eigenvalue weighted by atomic mass is 10.0. The van der Waals surface area contributed by atoms with Crippen LogP contribution in [0.4, 0.5) is 0 Å². The van der Waals surface area contributed by atoms with Gasteiger partial charge in [0.1, 0.15) is 6.04 Å². The van der Waals surface area contributed by atoms with Crippen LogP contribution in [0, 0.1) is 5.92 Å². The van der Waals surface area contributed by atoms with E-state index in [1.807, 2.05) is 7.05 Å². The Morgan fingerprint density at radius 2 is 1.89 bits per heavy atom. The minimum Gasteiger partial charge on any atom is -0.480 e. The molecular formula is C12H25N3O3. The third kappa shape index (κ3) is 7.24. The Hall–Kier alpha value is -1.14. The number of carbonyl (C=O) groups excluding carboxylic acids is 1. The Balaban J connectivity index is 3.73. The van der Waals surface area contributed by atoms with Gasteiger partial charge in [-0.3, -0.25) is 9.59 Å². The number of hydrogen-bond acceptors (Lipinski definition) is 4. The zero-order valence-electron chi connectivity index (χ0n) is 11.5. The smallest absolute Gasteiger partial charge is 0.320 e. The van der Waals surface area contributed by atoms with Gasteiger partial charge in [0.05, 0.1) is 5.92 Å². The summed E-state index contributed by atoms with van der Waals surface area (Å²) in [4.78, 5) is 22.1. The van der Waals surface area contributed by atoms with Crippen molar-refractivity contribution < 1.29 is 14.7 Å². The van der Waals surface area contributed by atoms with Crippen LogP contribution in [0.1, 0.15) is 26.2 Å². The van der Waals surface area contributed by atoms with Crippen LogP contribution in [0.2, 0.25) is 0 Å². The average molecular weight is 259 g/mol. The maximum atomic E-state index is 11.5. The summed E-state index contributed by atoms with van der Waals surface area (Å²) < 4.78 is 0. The van der Waals surface area contributed by atoms with Crippen LogP contribution in [-0.4, -0.2) is 50.2 Å². The van der Waals surface area contributed by atoms with Crippen LogP contribution in [0.15, 0.2) is 0 Å². The summed E-state index contributed by atoms with van der Waals surface area (Å²) in [5.41, 5.74) is 0. The third-order valence-corrected chi connectivity index (χ3v) is 2.87. The van der Waals surface area contributed by atoms with Gasteiger partial charge in [-0.05, 0) is 33.4 Å². The third-order valence-electron chi connectivity index (χ3n) is 2.87. The molecule has 106 valence electrons. The number of carboxylic acids is 1. The lowest BCUT2D eigenvalue weighted by Crippen LogP contribution is -2.35. The number of carbonyl (C=O) groups is 2. The Morgan fingerprint density at radius 3 is 2.39 bits per heavy atom. The number of unbranched alkanes of at least 4 members (excludes halogenated alkanes) is 1. The molecule has 2 atom stereocenters. The Morgan fingerprint density at radius 1 is 1.22 bits per heavy atom. The van der Waals surface area contributed by atoms with Crippen molar-refractivity contribution >= 4 is 11.9 Å². The molecule has 0 spiro atoms. The highest BCUT2D eigenvalue weighted by Gasteiger charge is 2.15. The summed E-state index contributed by atoms with van der Waals surface area (Å²) in [6, 6.07) is -0.517. The molecule has 0 aromatic rings. The van der Waals surface area contributed by atoms with E-state index >= 15 is 0 Å². The van der Waals surface area contributed by atoms with E-state index in [-0.39, 0.29) is 11.8 Å². The molecule has 0 radical (unpaired) electrons. The fourth-order valence-corrected chi connectivity index (χ4v) is 1.70. The largest absolute Gasteiger partial charge is 0.480 e. The zero-order valence-corrected chi connectivity index (χ0v) is 11.5. The van der Waals surface area contributed by atoms with Gasteiger partial charge in [0.2, 0.25) is 5.91 Å². The number of nitrogens with one attached hydrogen (secondary N) is 3. The summed E-state index contributed by atoms with van der Waals surface area (Å²) in [6.45, 7) is 2.95. The molecule has 0 saturated heterocycles. The molecule has 1 amide bonds. The van der Waals surface area contributed by atoms with Crippen molar-refractivity contribution in [2.75, 3.05) is 27.2 Å². The number of hydrogen-bond donors (Lipinski definition) is 4. The van der Waals surface area contributed by atoms with Crippen molar-refractivity contribution in [3.63, 3.8) is 0 Å². The maximum Gasteiger partial charge on any atom is 0.320 e. The van der Waals surface area contributed by atoms with E-state index < -0.39 is 12.0 Å². The predicted molar refractivity (Wildman–Crippen MR) is 70.4 cm³/mol. The normalized spacial score (nSPS) is 13.9. The second-order valence-electron chi connectivity index (χ2n) is 4.38. The van der Waals surface area contributed by atoms with Crippen LogP contribution in [0.3, 0.4) is 0 Å². The summed E-state index contributed by atoms with van der Waals surface area (Å²) in [6.07, 6.45) is 2.58. The second-order valence-corrected chi connectivity index (χ2v) is 4.38. The molecule has 0 aliphatic heterocycles. The highest BCUT2D eigenvalue weighted by Crippen LogP contribution is 2.07. The molecule has 18 heavy (non-hydrogen) atoms. The van der Waals surface area contributed by atoms with Crippen molar-refractivity contribution in [3.8, 4) is 0 Å². The first kappa shape index (κ1) is 16.9. The minimum absolute atomic E-state index is 0.0168. The van der Waals surface area contributed by atoms with Crippen molar-refractivity contribution in [2.45, 2.75) is 32.2 Å². The fourth-order valence-electron chi connectivity index (χ4n) is 1.70. The average Bonchev–Trinajstić information content (AvgIpc) is 2.35. The first-order chi connectivity index (χ1) is 8.52. The van der Waals surface area contributed by atoms with E-state index in [1.165, 1.54) is 0 Å². The summed E-state index contributed by atoms with van der Waals surface area (Å²) >= 11 is 0. The molecule has 0 aliphatic carbocycles. The summed E-state index contributed by atoms with van der Waals surface area (Å²) in [5, 5.41) is 17.2. The lowest BCUT2D eigenvalue weighted by Gasteiger charge is -2.15. The molecular weight excluding hydrogens is 234 g/mol. The fraction of sp³-hybridized carbons (Fsp3) is 0.833. The second kappa shape index (κ2) is 9.85. The van der Waals surface area contributed by atoms with Gasteiger partial charge in [-0.25, -0.2) is 0 Å².